The van der Waals surface area contributed by atoms with Crippen LogP contribution in [-0.4, -0.2) is 0 Å². The fraction of sp³-hybridized carbons (Fsp3) is 0.739. The Balaban J connectivity index is 0. The SMILES string of the molecule is CCCCCCCCCCCCCCCCc1cccc(C)c1.[H-].[Na+]. The first-order valence-electron chi connectivity index (χ1n) is 10.4. The van der Waals surface area contributed by atoms with Crippen LogP contribution < -0.4 is 29.6 Å². The van der Waals surface area contributed by atoms with Crippen molar-refractivity contribution in [3.05, 3.63) is 35.4 Å². The Morgan fingerprint density at radius 3 is 1.58 bits per heavy atom. The van der Waals surface area contributed by atoms with E-state index < -0.39 is 0 Å². The van der Waals surface area contributed by atoms with Crippen molar-refractivity contribution >= 4 is 0 Å². The fourth-order valence-electron chi connectivity index (χ4n) is 3.39. The molecule has 0 bridgehead atoms. The molecular weight excluding hydrogens is 299 g/mol. The number of hydrogen-bond acceptors (Lipinski definition) is 0. The average Bonchev–Trinajstić information content (AvgIpc) is 2.55. The maximum absolute atomic E-state index is 2.34. The molecule has 0 aromatic heterocycles. The van der Waals surface area contributed by atoms with Gasteiger partial charge in [0.15, 0.2) is 0 Å². The topological polar surface area (TPSA) is 0 Å². The third kappa shape index (κ3) is 14.6. The standard InChI is InChI=1S/C23H40.Na.H/c1-3-4-5-6-7-8-9-10-11-12-13-14-15-16-19-23-20-17-18-22(2)21-23;;/h17-18,20-21H,3-16,19H2,1-2H3;;/q;+1;-1. The molecule has 0 fully saturated rings. The molecular formula is C23H41Na. The van der Waals surface area contributed by atoms with Gasteiger partial charge >= 0.3 is 29.6 Å². The van der Waals surface area contributed by atoms with E-state index in [2.05, 4.69) is 38.1 Å². The number of hydrogen-bond donors (Lipinski definition) is 0. The zero-order valence-electron chi connectivity index (χ0n) is 17.9. The summed E-state index contributed by atoms with van der Waals surface area (Å²) < 4.78 is 0. The van der Waals surface area contributed by atoms with Crippen molar-refractivity contribution in [1.29, 1.82) is 0 Å². The largest absolute Gasteiger partial charge is 1.00 e. The molecule has 0 spiro atoms. The third-order valence-corrected chi connectivity index (χ3v) is 4.90. The van der Waals surface area contributed by atoms with E-state index in [1.54, 1.807) is 0 Å². The molecule has 0 aliphatic carbocycles. The van der Waals surface area contributed by atoms with Crippen molar-refractivity contribution in [2.45, 2.75) is 110 Å². The van der Waals surface area contributed by atoms with Gasteiger partial charge in [-0.3, -0.25) is 0 Å². The van der Waals surface area contributed by atoms with E-state index in [1.807, 2.05) is 0 Å². The van der Waals surface area contributed by atoms with Crippen molar-refractivity contribution in [2.24, 2.45) is 0 Å². The minimum Gasteiger partial charge on any atom is -1.00 e. The fourth-order valence-corrected chi connectivity index (χ4v) is 3.39. The summed E-state index contributed by atoms with van der Waals surface area (Å²) >= 11 is 0. The average molecular weight is 341 g/mol. The maximum atomic E-state index is 2.34. The van der Waals surface area contributed by atoms with Gasteiger partial charge in [-0.2, -0.15) is 0 Å². The Morgan fingerprint density at radius 1 is 0.667 bits per heavy atom. The number of aryl methyl sites for hydroxylation is 2. The first-order valence-corrected chi connectivity index (χ1v) is 10.4. The first-order chi connectivity index (χ1) is 11.3. The predicted molar refractivity (Wildman–Crippen MR) is 106 cm³/mol. The van der Waals surface area contributed by atoms with E-state index >= 15 is 0 Å². The minimum atomic E-state index is 0. The monoisotopic (exact) mass is 340 g/mol. The van der Waals surface area contributed by atoms with Crippen LogP contribution in [-0.2, 0) is 6.42 Å². The molecule has 1 aromatic rings. The van der Waals surface area contributed by atoms with Crippen molar-refractivity contribution in [3.8, 4) is 0 Å². The summed E-state index contributed by atoms with van der Waals surface area (Å²) in [5, 5.41) is 0. The van der Waals surface area contributed by atoms with Gasteiger partial charge in [-0.1, -0.05) is 120 Å². The second-order valence-corrected chi connectivity index (χ2v) is 7.34. The molecule has 0 saturated carbocycles. The van der Waals surface area contributed by atoms with Crippen LogP contribution in [0.5, 0.6) is 0 Å². The van der Waals surface area contributed by atoms with Gasteiger partial charge in [0.05, 0.1) is 0 Å². The molecule has 24 heavy (non-hydrogen) atoms. The van der Waals surface area contributed by atoms with Crippen molar-refractivity contribution in [2.75, 3.05) is 0 Å². The summed E-state index contributed by atoms with van der Waals surface area (Å²) in [6.45, 7) is 4.48. The molecule has 0 amide bonds. The number of rotatable bonds is 15. The molecule has 0 unspecified atom stereocenters. The van der Waals surface area contributed by atoms with E-state index in [9.17, 15) is 0 Å². The van der Waals surface area contributed by atoms with Crippen LogP contribution in [0.15, 0.2) is 24.3 Å². The summed E-state index contributed by atoms with van der Waals surface area (Å²) in [5.74, 6) is 0. The van der Waals surface area contributed by atoms with Crippen LogP contribution in [0.25, 0.3) is 0 Å². The number of unbranched alkanes of at least 4 members (excludes halogenated alkanes) is 13. The zero-order chi connectivity index (χ0) is 16.6. The summed E-state index contributed by atoms with van der Waals surface area (Å²) in [4.78, 5) is 0. The van der Waals surface area contributed by atoms with Crippen molar-refractivity contribution < 1.29 is 31.0 Å². The molecule has 1 heteroatoms. The smallest absolute Gasteiger partial charge is 1.00 e. The molecule has 0 aliphatic rings. The second kappa shape index (κ2) is 18.0. The van der Waals surface area contributed by atoms with Crippen LogP contribution in [0.2, 0.25) is 0 Å². The third-order valence-electron chi connectivity index (χ3n) is 4.90. The zero-order valence-corrected chi connectivity index (χ0v) is 18.9. The van der Waals surface area contributed by atoms with Crippen molar-refractivity contribution in [1.82, 2.24) is 0 Å². The minimum absolute atomic E-state index is 0. The molecule has 0 radical (unpaired) electrons. The van der Waals surface area contributed by atoms with E-state index in [0.29, 0.717) is 0 Å². The molecule has 0 aliphatic heterocycles. The Kier molecular flexibility index (Phi) is 18.2. The van der Waals surface area contributed by atoms with Crippen LogP contribution in [0, 0.1) is 6.92 Å². The summed E-state index contributed by atoms with van der Waals surface area (Å²) in [6.07, 6.45) is 21.4. The molecule has 1 aromatic carbocycles. The van der Waals surface area contributed by atoms with Gasteiger partial charge in [-0.05, 0) is 25.3 Å². The van der Waals surface area contributed by atoms with Gasteiger partial charge in [0.2, 0.25) is 0 Å². The van der Waals surface area contributed by atoms with Crippen molar-refractivity contribution in [3.63, 3.8) is 0 Å². The van der Waals surface area contributed by atoms with E-state index in [-0.39, 0.29) is 31.0 Å². The van der Waals surface area contributed by atoms with Gasteiger partial charge in [0.25, 0.3) is 0 Å². The Hall–Kier alpha value is 0.220. The van der Waals surface area contributed by atoms with Crippen LogP contribution in [0.1, 0.15) is 109 Å². The number of benzene rings is 1. The van der Waals surface area contributed by atoms with Gasteiger partial charge in [-0.15, -0.1) is 0 Å². The molecule has 134 valence electrons. The molecule has 0 atom stereocenters. The molecule has 0 heterocycles. The summed E-state index contributed by atoms with van der Waals surface area (Å²) in [7, 11) is 0. The van der Waals surface area contributed by atoms with Gasteiger partial charge in [0.1, 0.15) is 0 Å². The van der Waals surface area contributed by atoms with Gasteiger partial charge < -0.3 is 1.43 Å². The molecule has 1 rings (SSSR count). The Bertz CT molecular complexity index is 378. The maximum Gasteiger partial charge on any atom is 1.00 e. The molecule has 0 saturated heterocycles. The van der Waals surface area contributed by atoms with E-state index in [0.717, 1.165) is 0 Å². The quantitative estimate of drug-likeness (QED) is 0.306. The predicted octanol–water partition coefficient (Wildman–Crippen LogP) is 5.14. The second-order valence-electron chi connectivity index (χ2n) is 7.34. The molecule has 0 N–H and O–H groups in total. The van der Waals surface area contributed by atoms with Crippen LogP contribution >= 0.6 is 0 Å². The Labute approximate surface area is 176 Å². The first kappa shape index (κ1) is 24.2. The summed E-state index contributed by atoms with van der Waals surface area (Å²) in [5.41, 5.74) is 2.91. The normalized spacial score (nSPS) is 10.6. The van der Waals surface area contributed by atoms with Gasteiger partial charge in [-0.25, -0.2) is 0 Å². The summed E-state index contributed by atoms with van der Waals surface area (Å²) in [6, 6.07) is 8.99. The van der Waals surface area contributed by atoms with Crippen LogP contribution in [0.4, 0.5) is 0 Å². The van der Waals surface area contributed by atoms with E-state index in [4.69, 9.17) is 0 Å². The van der Waals surface area contributed by atoms with Gasteiger partial charge in [0, 0.05) is 0 Å². The molecule has 0 nitrogen and oxygen atoms in total. The van der Waals surface area contributed by atoms with E-state index in [1.165, 1.54) is 107 Å². The Morgan fingerprint density at radius 2 is 1.12 bits per heavy atom. The van der Waals surface area contributed by atoms with Crippen LogP contribution in [0.3, 0.4) is 0 Å².